The molecule has 112 valence electrons. The van der Waals surface area contributed by atoms with E-state index < -0.39 is 0 Å². The first-order valence-corrected chi connectivity index (χ1v) is 7.40. The van der Waals surface area contributed by atoms with Crippen molar-refractivity contribution >= 4 is 16.5 Å². The van der Waals surface area contributed by atoms with Crippen LogP contribution in [0.15, 0.2) is 55.0 Å². The van der Waals surface area contributed by atoms with Gasteiger partial charge in [-0.2, -0.15) is 0 Å². The lowest BCUT2D eigenvalue weighted by Gasteiger charge is -2.12. The van der Waals surface area contributed by atoms with Crippen LogP contribution >= 0.6 is 0 Å². The van der Waals surface area contributed by atoms with Crippen molar-refractivity contribution in [3.63, 3.8) is 0 Å². The lowest BCUT2D eigenvalue weighted by Crippen LogP contribution is -2.07. The smallest absolute Gasteiger partial charge is 0.221 e. The first-order chi connectivity index (χ1) is 10.7. The standard InChI is InChI=1S/C18H19N3O/c1-13(2)22-18-17-11-16(4-3-15(17)7-10-20-18)21-12-14-5-8-19-9-6-14/h3-11,13,21H,12H2,1-2H3. The molecule has 2 aromatic heterocycles. The van der Waals surface area contributed by atoms with Crippen LogP contribution in [-0.4, -0.2) is 16.1 Å². The van der Waals surface area contributed by atoms with Gasteiger partial charge in [0.2, 0.25) is 5.88 Å². The molecule has 2 heterocycles. The van der Waals surface area contributed by atoms with Gasteiger partial charge < -0.3 is 10.1 Å². The molecule has 22 heavy (non-hydrogen) atoms. The third kappa shape index (κ3) is 3.34. The maximum Gasteiger partial charge on any atom is 0.221 e. The molecule has 0 amide bonds. The van der Waals surface area contributed by atoms with Gasteiger partial charge in [0.1, 0.15) is 0 Å². The Morgan fingerprint density at radius 2 is 1.86 bits per heavy atom. The summed E-state index contributed by atoms with van der Waals surface area (Å²) < 4.78 is 5.80. The summed E-state index contributed by atoms with van der Waals surface area (Å²) in [7, 11) is 0. The molecular formula is C18H19N3O. The van der Waals surface area contributed by atoms with Crippen LogP contribution < -0.4 is 10.1 Å². The van der Waals surface area contributed by atoms with E-state index in [0.29, 0.717) is 5.88 Å². The van der Waals surface area contributed by atoms with E-state index in [1.165, 1.54) is 5.56 Å². The number of nitrogens with one attached hydrogen (secondary N) is 1. The lowest BCUT2D eigenvalue weighted by molar-refractivity contribution is 0.236. The van der Waals surface area contributed by atoms with Crippen LogP contribution in [0.5, 0.6) is 5.88 Å². The molecule has 0 aliphatic heterocycles. The number of nitrogens with zero attached hydrogens (tertiary/aromatic N) is 2. The summed E-state index contributed by atoms with van der Waals surface area (Å²) in [5.41, 5.74) is 2.24. The Morgan fingerprint density at radius 1 is 1.05 bits per heavy atom. The number of hydrogen-bond acceptors (Lipinski definition) is 4. The van der Waals surface area contributed by atoms with E-state index in [1.807, 2.05) is 32.0 Å². The normalized spacial score (nSPS) is 10.9. The van der Waals surface area contributed by atoms with Crippen molar-refractivity contribution in [2.24, 2.45) is 0 Å². The fourth-order valence-electron chi connectivity index (χ4n) is 2.27. The van der Waals surface area contributed by atoms with Gasteiger partial charge in [0.15, 0.2) is 0 Å². The number of fused-ring (bicyclic) bond motifs is 1. The molecule has 1 aromatic carbocycles. The lowest BCUT2D eigenvalue weighted by atomic mass is 10.1. The first-order valence-electron chi connectivity index (χ1n) is 7.40. The number of benzene rings is 1. The third-order valence-corrected chi connectivity index (χ3v) is 3.32. The van der Waals surface area contributed by atoms with Gasteiger partial charge >= 0.3 is 0 Å². The molecule has 0 spiro atoms. The van der Waals surface area contributed by atoms with Gasteiger partial charge in [-0.05, 0) is 55.1 Å². The quantitative estimate of drug-likeness (QED) is 0.771. The van der Waals surface area contributed by atoms with Gasteiger partial charge in [0, 0.05) is 36.2 Å². The monoisotopic (exact) mass is 293 g/mol. The third-order valence-electron chi connectivity index (χ3n) is 3.32. The molecule has 4 heteroatoms. The van der Waals surface area contributed by atoms with Gasteiger partial charge in [0.05, 0.1) is 6.10 Å². The Hall–Kier alpha value is -2.62. The van der Waals surface area contributed by atoms with Crippen LogP contribution in [0.2, 0.25) is 0 Å². The Kier molecular flexibility index (Phi) is 4.19. The minimum absolute atomic E-state index is 0.103. The first kappa shape index (κ1) is 14.3. The van der Waals surface area contributed by atoms with Crippen LogP contribution in [0.3, 0.4) is 0 Å². The summed E-state index contributed by atoms with van der Waals surface area (Å²) >= 11 is 0. The Bertz CT molecular complexity index is 757. The summed E-state index contributed by atoms with van der Waals surface area (Å²) in [6.07, 6.45) is 5.49. The molecule has 4 nitrogen and oxygen atoms in total. The van der Waals surface area contributed by atoms with Crippen LogP contribution in [-0.2, 0) is 6.54 Å². The van der Waals surface area contributed by atoms with Crippen molar-refractivity contribution in [2.75, 3.05) is 5.32 Å². The van der Waals surface area contributed by atoms with Crippen LogP contribution in [0.1, 0.15) is 19.4 Å². The van der Waals surface area contributed by atoms with Crippen molar-refractivity contribution in [3.05, 3.63) is 60.6 Å². The van der Waals surface area contributed by atoms with Gasteiger partial charge in [-0.3, -0.25) is 4.98 Å². The topological polar surface area (TPSA) is 47.0 Å². The van der Waals surface area contributed by atoms with Crippen molar-refractivity contribution in [1.82, 2.24) is 9.97 Å². The zero-order valence-corrected chi connectivity index (χ0v) is 12.8. The predicted molar refractivity (Wildman–Crippen MR) is 89.1 cm³/mol. The Labute approximate surface area is 130 Å². The summed E-state index contributed by atoms with van der Waals surface area (Å²) in [5, 5.41) is 5.57. The highest BCUT2D eigenvalue weighted by Crippen LogP contribution is 2.27. The molecule has 0 bridgehead atoms. The van der Waals surface area contributed by atoms with Gasteiger partial charge in [-0.1, -0.05) is 6.07 Å². The molecular weight excluding hydrogens is 274 g/mol. The second kappa shape index (κ2) is 6.43. The molecule has 0 radical (unpaired) electrons. The van der Waals surface area contributed by atoms with Crippen molar-refractivity contribution in [2.45, 2.75) is 26.5 Å². The highest BCUT2D eigenvalue weighted by Gasteiger charge is 2.06. The number of pyridine rings is 2. The van der Waals surface area contributed by atoms with Gasteiger partial charge in [-0.15, -0.1) is 0 Å². The molecule has 0 aliphatic carbocycles. The zero-order valence-electron chi connectivity index (χ0n) is 12.8. The number of ether oxygens (including phenoxy) is 1. The summed E-state index contributed by atoms with van der Waals surface area (Å²) in [6, 6.07) is 12.2. The molecule has 3 rings (SSSR count). The Balaban J connectivity index is 1.85. The van der Waals surface area contributed by atoms with E-state index in [1.54, 1.807) is 18.6 Å². The Morgan fingerprint density at radius 3 is 2.64 bits per heavy atom. The SMILES string of the molecule is CC(C)Oc1nccc2ccc(NCc3ccncc3)cc12. The molecule has 0 unspecified atom stereocenters. The predicted octanol–water partition coefficient (Wildman–Crippen LogP) is 4.03. The maximum absolute atomic E-state index is 5.80. The van der Waals surface area contributed by atoms with Gasteiger partial charge in [-0.25, -0.2) is 4.98 Å². The van der Waals surface area contributed by atoms with E-state index in [0.717, 1.165) is 23.0 Å². The molecule has 0 saturated carbocycles. The molecule has 0 fully saturated rings. The molecule has 1 N–H and O–H groups in total. The minimum atomic E-state index is 0.103. The van der Waals surface area contributed by atoms with E-state index >= 15 is 0 Å². The van der Waals surface area contributed by atoms with Crippen LogP contribution in [0.25, 0.3) is 10.8 Å². The zero-order chi connectivity index (χ0) is 15.4. The second-order valence-corrected chi connectivity index (χ2v) is 5.43. The minimum Gasteiger partial charge on any atom is -0.475 e. The fourth-order valence-corrected chi connectivity index (χ4v) is 2.27. The number of aromatic nitrogens is 2. The molecule has 0 atom stereocenters. The van der Waals surface area contributed by atoms with Crippen molar-refractivity contribution in [1.29, 1.82) is 0 Å². The highest BCUT2D eigenvalue weighted by atomic mass is 16.5. The molecule has 0 saturated heterocycles. The number of rotatable bonds is 5. The van der Waals surface area contributed by atoms with E-state index in [-0.39, 0.29) is 6.10 Å². The number of anilines is 1. The molecule has 3 aromatic rings. The summed E-state index contributed by atoms with van der Waals surface area (Å²) in [6.45, 7) is 4.77. The van der Waals surface area contributed by atoms with Crippen molar-refractivity contribution < 1.29 is 4.74 Å². The molecule has 0 aliphatic rings. The highest BCUT2D eigenvalue weighted by molar-refractivity contribution is 5.89. The van der Waals surface area contributed by atoms with E-state index in [4.69, 9.17) is 4.74 Å². The summed E-state index contributed by atoms with van der Waals surface area (Å²) in [5.74, 6) is 0.681. The van der Waals surface area contributed by atoms with Gasteiger partial charge in [0.25, 0.3) is 0 Å². The number of hydrogen-bond donors (Lipinski definition) is 1. The van der Waals surface area contributed by atoms with E-state index in [2.05, 4.69) is 33.5 Å². The fraction of sp³-hybridized carbons (Fsp3) is 0.222. The maximum atomic E-state index is 5.80. The average Bonchev–Trinajstić information content (AvgIpc) is 2.54. The second-order valence-electron chi connectivity index (χ2n) is 5.43. The van der Waals surface area contributed by atoms with E-state index in [9.17, 15) is 0 Å². The van der Waals surface area contributed by atoms with Crippen molar-refractivity contribution in [3.8, 4) is 5.88 Å². The van der Waals surface area contributed by atoms with Crippen LogP contribution in [0.4, 0.5) is 5.69 Å². The largest absolute Gasteiger partial charge is 0.475 e. The summed E-state index contributed by atoms with van der Waals surface area (Å²) in [4.78, 5) is 8.38. The average molecular weight is 293 g/mol. The van der Waals surface area contributed by atoms with Crippen LogP contribution in [0, 0.1) is 0 Å².